The number of esters is 1. The number of amides is 19. The first-order valence-corrected chi connectivity index (χ1v) is 47.5. The van der Waals surface area contributed by atoms with Crippen LogP contribution >= 0.6 is 0 Å². The average molecular weight is 1960 g/mol. The molecule has 2 fully saturated rings. The summed E-state index contributed by atoms with van der Waals surface area (Å²) in [5.74, 6) is -25.0. The van der Waals surface area contributed by atoms with Crippen molar-refractivity contribution in [2.75, 3.05) is 39.5 Å². The van der Waals surface area contributed by atoms with E-state index in [0.717, 1.165) is 6.08 Å². The molecule has 0 radical (unpaired) electrons. The predicted molar refractivity (Wildman–Crippen MR) is 503 cm³/mol. The van der Waals surface area contributed by atoms with Crippen LogP contribution in [0.2, 0.25) is 0 Å². The summed E-state index contributed by atoms with van der Waals surface area (Å²) in [6.07, 6.45) is -0.0482. The molecular weight excluding hydrogens is 1800 g/mol. The van der Waals surface area contributed by atoms with Gasteiger partial charge < -0.3 is 138 Å². The number of unbranched alkanes of at least 4 members (excludes halogenated alkanes) is 1. The summed E-state index contributed by atoms with van der Waals surface area (Å²) in [7, 11) is 0. The third-order valence-electron chi connectivity index (χ3n) is 23.0. The van der Waals surface area contributed by atoms with Gasteiger partial charge in [0.15, 0.2) is 0 Å². The van der Waals surface area contributed by atoms with Crippen molar-refractivity contribution in [2.24, 2.45) is 64.5 Å². The number of hydrogen-bond donors (Lipinski definition) is 24. The molecule has 0 spiro atoms. The number of cyclic esters (lactones) is 1. The summed E-state index contributed by atoms with van der Waals surface area (Å²) >= 11 is 0. The summed E-state index contributed by atoms with van der Waals surface area (Å²) < 4.78 is 5.83. The van der Waals surface area contributed by atoms with Crippen LogP contribution in [0, 0.1) is 47.3 Å². The molecule has 19 amide bonds. The minimum Gasteiger partial charge on any atom is -0.481 e. The van der Waals surface area contributed by atoms with Crippen molar-refractivity contribution in [1.82, 2.24) is 95.3 Å². The highest BCUT2D eigenvalue weighted by atomic mass is 16.5. The SMILES string of the molecule is C/C=C(\NC(=O)[C@H](NC(=O)[C@H](CC(C)C)NC(=O)[C@@H](CCC(N)=O)NC(=O)[C@H](NC(=O)[C@H](NC(=O)[C@H](CC(C)C)NC(=O)[C@@H](CO)NC(=O)[C@H](NC(=O)[C@@H](CC(C)C)NC(=O)[C@H](CO)NC(=O)[C@@H]1CCCN1C(=O)/C(=C/C)NC(=O)CCCC(=O)O)C(C)C)C(C)C)C(C)C)C(C)C)C(=O)N[C@@H]1C(=O)N[C@@H]([C@H](C)CC)C(=O)N[C@@H](CCO)C(=O)N[C@H](CCN)C(=O)N[C@@H](CCCCN)C(=O)O[C@@H]1C. The zero-order chi connectivity index (χ0) is 105. The van der Waals surface area contributed by atoms with Gasteiger partial charge in [-0.05, 0) is 158 Å². The largest absolute Gasteiger partial charge is 0.481 e. The molecule has 47 heteroatoms. The molecular formula is C91H155N21O26. The molecule has 18 atom stereocenters. The first kappa shape index (κ1) is 122. The first-order valence-electron chi connectivity index (χ1n) is 47.5. The average Bonchev–Trinajstić information content (AvgIpc) is 1.80. The highest BCUT2D eigenvalue weighted by Gasteiger charge is 2.44. The third kappa shape index (κ3) is 41.1. The molecule has 0 aromatic carbocycles. The maximum Gasteiger partial charge on any atom is 0.328 e. The third-order valence-corrected chi connectivity index (χ3v) is 23.0. The molecule has 2 rings (SSSR count). The minimum atomic E-state index is -1.89. The minimum absolute atomic E-state index is 0.00111. The van der Waals surface area contributed by atoms with Gasteiger partial charge in [0.1, 0.15) is 114 Å². The number of rotatable bonds is 55. The summed E-state index contributed by atoms with van der Waals surface area (Å²) in [5, 5.41) is 83.2. The second-order valence-corrected chi connectivity index (χ2v) is 37.4. The molecule has 2 aliphatic rings. The number of aliphatic hydroxyl groups excluding tert-OH is 3. The van der Waals surface area contributed by atoms with E-state index in [1.54, 1.807) is 69.2 Å². The van der Waals surface area contributed by atoms with Crippen LogP contribution in [0.15, 0.2) is 23.5 Å². The fraction of sp³-hybridized carbons (Fsp3) is 0.725. The zero-order valence-corrected chi connectivity index (χ0v) is 83.1. The van der Waals surface area contributed by atoms with Crippen molar-refractivity contribution in [3.8, 4) is 0 Å². The van der Waals surface area contributed by atoms with Gasteiger partial charge in [-0.2, -0.15) is 0 Å². The van der Waals surface area contributed by atoms with E-state index in [1.807, 2.05) is 0 Å². The number of aliphatic carboxylic acids is 1. The highest BCUT2D eigenvalue weighted by molar-refractivity contribution is 6.05. The van der Waals surface area contributed by atoms with Gasteiger partial charge in [-0.3, -0.25) is 95.9 Å². The quantitative estimate of drug-likeness (QED) is 0.0155. The molecule has 2 heterocycles. The Morgan fingerprint density at radius 2 is 0.884 bits per heavy atom. The van der Waals surface area contributed by atoms with E-state index in [0.29, 0.717) is 12.8 Å². The molecule has 2 aliphatic heterocycles. The molecule has 780 valence electrons. The van der Waals surface area contributed by atoms with Gasteiger partial charge in [0.25, 0.3) is 11.8 Å². The number of carbonyl (C=O) groups is 21. The van der Waals surface area contributed by atoms with Crippen LogP contribution in [-0.2, 0) is 105 Å². The van der Waals surface area contributed by atoms with Crippen LogP contribution in [0.3, 0.4) is 0 Å². The molecule has 0 bridgehead atoms. The van der Waals surface area contributed by atoms with Gasteiger partial charge in [0.2, 0.25) is 100 Å². The lowest BCUT2D eigenvalue weighted by Crippen LogP contribution is -2.63. The number of nitrogens with zero attached hydrogens (tertiary/aromatic N) is 1. The number of ether oxygens (including phenoxy) is 1. The lowest BCUT2D eigenvalue weighted by atomic mass is 9.96. The standard InChI is InChI=1S/C91H155N21O26/c1-20-51(18)72-88(134)99-57(34-38-113)77(123)97-56(33-36-93)76(122)100-58(27-23-24-35-92)91(137)138-52(19)73(89(135)110-72)111-74(120)53(21-2)96-84(130)68(47(10)11)106-78(124)59(39-44(4)5)101-75(121)55(31-32-65(94)116)98-85(131)70(49(14)15)109-87(133)71(50(16)17)108-80(126)61(41-46(8)9)103-82(128)63(43-115)105-86(132)69(48(12)13)107-79(125)60(40-45(6)7)102-81(127)62(42-114)104-83(129)64-28-26-37-112(64)90(136)54(22-3)95-66(117)29-25-30-67(118)119/h21-22,44-52,55-64,68-73,113-115H,20,23-43,92-93H2,1-19H3,(H2,94,116)(H,95,117)(H,96,130)(H,97,123)(H,98,131)(H,99,134)(H,100,122)(H,101,121)(H,102,127)(H,103,128)(H,104,129)(H,105,132)(H,106,124)(H,107,125)(H,108,126)(H,109,133)(H,110,135)(H,111,120)(H,118,119)/b53-21-,54-22-/t51-,52-,55-,56-,57+,58+,59+,60-,61+,62+,63-,64+,68-,69-,70-,71-,72+,73+/m1/s1. The van der Waals surface area contributed by atoms with Crippen molar-refractivity contribution >= 4 is 124 Å². The van der Waals surface area contributed by atoms with Crippen LogP contribution in [0.5, 0.6) is 0 Å². The molecule has 47 nitrogen and oxygen atoms in total. The smallest absolute Gasteiger partial charge is 0.328 e. The number of aliphatic hydroxyl groups is 3. The number of primary amides is 1. The fourth-order valence-electron chi connectivity index (χ4n) is 14.8. The van der Waals surface area contributed by atoms with Gasteiger partial charge in [-0.1, -0.05) is 129 Å². The highest BCUT2D eigenvalue weighted by Crippen LogP contribution is 2.23. The van der Waals surface area contributed by atoms with Crippen LogP contribution < -0.4 is 108 Å². The van der Waals surface area contributed by atoms with Crippen molar-refractivity contribution < 1.29 is 126 Å². The van der Waals surface area contributed by atoms with Gasteiger partial charge in [-0.15, -0.1) is 0 Å². The molecule has 138 heavy (non-hydrogen) atoms. The molecule has 27 N–H and O–H groups in total. The predicted octanol–water partition coefficient (Wildman–Crippen LogP) is -4.59. The van der Waals surface area contributed by atoms with Crippen LogP contribution in [0.4, 0.5) is 0 Å². The van der Waals surface area contributed by atoms with Gasteiger partial charge in [0, 0.05) is 32.4 Å². The Balaban J connectivity index is 2.46. The number of nitrogens with one attached hydrogen (secondary N) is 17. The first-order chi connectivity index (χ1) is 64.7. The number of carboxylic acids is 1. The van der Waals surface area contributed by atoms with Gasteiger partial charge in [-0.25, -0.2) is 4.79 Å². The Morgan fingerprint density at radius 1 is 0.464 bits per heavy atom. The van der Waals surface area contributed by atoms with Crippen LogP contribution in [-0.4, -0.2) is 292 Å². The summed E-state index contributed by atoms with van der Waals surface area (Å²) in [6.45, 7) is 27.5. The zero-order valence-electron chi connectivity index (χ0n) is 83.1. The van der Waals surface area contributed by atoms with Crippen LogP contribution in [0.25, 0.3) is 0 Å². The van der Waals surface area contributed by atoms with Crippen molar-refractivity contribution in [1.29, 1.82) is 0 Å². The summed E-state index contributed by atoms with van der Waals surface area (Å²) in [6, 6.07) is -24.3. The van der Waals surface area contributed by atoms with E-state index in [-0.39, 0.29) is 120 Å². The number of likely N-dealkylation sites (tertiary alicyclic amines) is 1. The maximum atomic E-state index is 14.7. The van der Waals surface area contributed by atoms with Gasteiger partial charge in [0.05, 0.1) is 13.2 Å². The topological polar surface area (TPSA) is 734 Å². The maximum absolute atomic E-state index is 14.7. The molecule has 2 saturated heterocycles. The van der Waals surface area contributed by atoms with E-state index in [1.165, 1.54) is 73.3 Å². The molecule has 0 aliphatic carbocycles. The lowest BCUT2D eigenvalue weighted by Gasteiger charge is -2.32. The van der Waals surface area contributed by atoms with Gasteiger partial charge >= 0.3 is 11.9 Å². The number of hydrogen-bond acceptors (Lipinski definition) is 27. The second kappa shape index (κ2) is 61.5. The number of carbonyl (C=O) groups excluding carboxylic acids is 20. The summed E-state index contributed by atoms with van der Waals surface area (Å²) in [4.78, 5) is 294. The van der Waals surface area contributed by atoms with Crippen molar-refractivity contribution in [3.05, 3.63) is 23.5 Å². The fourth-order valence-corrected chi connectivity index (χ4v) is 14.8. The van der Waals surface area contributed by atoms with Crippen molar-refractivity contribution in [2.45, 2.75) is 337 Å². The van der Waals surface area contributed by atoms with E-state index in [4.69, 9.17) is 27.0 Å². The lowest BCUT2D eigenvalue weighted by molar-refractivity contribution is -0.156. The molecule has 0 aromatic rings. The molecule has 0 saturated carbocycles. The molecule has 0 aromatic heterocycles. The van der Waals surface area contributed by atoms with E-state index < -0.39 is 295 Å². The summed E-state index contributed by atoms with van der Waals surface area (Å²) in [5.41, 5.74) is 16.5. The second-order valence-electron chi connectivity index (χ2n) is 37.4. The Morgan fingerprint density at radius 3 is 1.31 bits per heavy atom. The Bertz CT molecular complexity index is 4240. The number of allylic oxidation sites excluding steroid dienone is 2. The Hall–Kier alpha value is -11.8. The van der Waals surface area contributed by atoms with Crippen molar-refractivity contribution in [3.63, 3.8) is 0 Å². The van der Waals surface area contributed by atoms with E-state index in [2.05, 4.69) is 90.4 Å². The van der Waals surface area contributed by atoms with Crippen LogP contribution in [0.1, 0.15) is 234 Å². The monoisotopic (exact) mass is 1960 g/mol. The Labute approximate surface area is 806 Å². The normalized spacial score (nSPS) is 19.9. The number of nitrogens with two attached hydrogens (primary N) is 3. The van der Waals surface area contributed by atoms with E-state index in [9.17, 15) is 116 Å². The number of carboxylic acid groups (broad SMARTS) is 1. The Kier molecular flexibility index (Phi) is 54.4. The molecule has 0 unspecified atom stereocenters. The van der Waals surface area contributed by atoms with E-state index >= 15 is 0 Å².